The van der Waals surface area contributed by atoms with E-state index in [4.69, 9.17) is 9.47 Å². The average Bonchev–Trinajstić information content (AvgIpc) is 2.90. The minimum Gasteiger partial charge on any atom is -0.381 e. The lowest BCUT2D eigenvalue weighted by Crippen LogP contribution is -2.48. The second-order valence-electron chi connectivity index (χ2n) is 6.94. The zero-order valence-corrected chi connectivity index (χ0v) is 12.9. The van der Waals surface area contributed by atoms with Crippen molar-refractivity contribution in [2.45, 2.75) is 64.5 Å². The molecule has 1 saturated heterocycles. The monoisotopic (exact) mass is 269 g/mol. The molecule has 0 radical (unpaired) electrons. The van der Waals surface area contributed by atoms with E-state index in [-0.39, 0.29) is 5.60 Å². The zero-order valence-electron chi connectivity index (χ0n) is 12.9. The topological polar surface area (TPSA) is 30.5 Å². The summed E-state index contributed by atoms with van der Waals surface area (Å²) in [6.45, 7) is 10.5. The van der Waals surface area contributed by atoms with Crippen molar-refractivity contribution < 1.29 is 9.47 Å². The fourth-order valence-electron chi connectivity index (χ4n) is 3.06. The molecular weight excluding hydrogens is 238 g/mol. The molecule has 0 amide bonds. The fourth-order valence-corrected chi connectivity index (χ4v) is 3.06. The van der Waals surface area contributed by atoms with Crippen LogP contribution >= 0.6 is 0 Å². The van der Waals surface area contributed by atoms with Crippen molar-refractivity contribution in [3.63, 3.8) is 0 Å². The molecule has 1 aliphatic heterocycles. The Morgan fingerprint density at radius 2 is 2.00 bits per heavy atom. The van der Waals surface area contributed by atoms with Crippen molar-refractivity contribution in [1.29, 1.82) is 0 Å². The third-order valence-corrected chi connectivity index (χ3v) is 4.67. The molecule has 3 nitrogen and oxygen atoms in total. The minimum absolute atomic E-state index is 0.0827. The first-order chi connectivity index (χ1) is 9.10. The highest BCUT2D eigenvalue weighted by Crippen LogP contribution is 2.35. The highest BCUT2D eigenvalue weighted by Gasteiger charge is 2.36. The first-order valence-electron chi connectivity index (χ1n) is 8.05. The molecule has 0 aromatic carbocycles. The standard InChI is InChI=1S/C16H31NO2/c1-13(2)17-12-16(7-4-14(3)5-8-16)19-11-15-6-9-18-10-15/h13-15,17H,4-12H2,1-3H3. The Morgan fingerprint density at radius 3 is 2.58 bits per heavy atom. The smallest absolute Gasteiger partial charge is 0.0806 e. The summed E-state index contributed by atoms with van der Waals surface area (Å²) in [5.41, 5.74) is 0.0827. The molecule has 2 rings (SSSR count). The molecule has 1 heterocycles. The lowest BCUT2D eigenvalue weighted by atomic mass is 9.79. The molecule has 1 unspecified atom stereocenters. The van der Waals surface area contributed by atoms with E-state index in [2.05, 4.69) is 26.1 Å². The molecule has 0 aromatic heterocycles. The van der Waals surface area contributed by atoms with Gasteiger partial charge in [0.15, 0.2) is 0 Å². The molecule has 2 aliphatic rings. The summed E-state index contributed by atoms with van der Waals surface area (Å²) < 4.78 is 11.9. The summed E-state index contributed by atoms with van der Waals surface area (Å²) >= 11 is 0. The van der Waals surface area contributed by atoms with E-state index in [1.165, 1.54) is 32.1 Å². The predicted octanol–water partition coefficient (Wildman–Crippen LogP) is 2.99. The molecule has 2 fully saturated rings. The van der Waals surface area contributed by atoms with E-state index in [1.54, 1.807) is 0 Å². The van der Waals surface area contributed by atoms with E-state index in [9.17, 15) is 0 Å². The molecule has 1 N–H and O–H groups in total. The number of nitrogens with one attached hydrogen (secondary N) is 1. The van der Waals surface area contributed by atoms with Crippen molar-refractivity contribution in [3.05, 3.63) is 0 Å². The van der Waals surface area contributed by atoms with Crippen LogP contribution in [-0.4, -0.2) is 38.0 Å². The predicted molar refractivity (Wildman–Crippen MR) is 78.4 cm³/mol. The van der Waals surface area contributed by atoms with Crippen LogP contribution in [0, 0.1) is 11.8 Å². The Hall–Kier alpha value is -0.120. The Labute approximate surface area is 118 Å². The molecule has 1 saturated carbocycles. The number of hydrogen-bond acceptors (Lipinski definition) is 3. The lowest BCUT2D eigenvalue weighted by molar-refractivity contribution is -0.0886. The van der Waals surface area contributed by atoms with Crippen LogP contribution in [0.5, 0.6) is 0 Å². The molecule has 19 heavy (non-hydrogen) atoms. The van der Waals surface area contributed by atoms with Crippen molar-refractivity contribution in [2.24, 2.45) is 11.8 Å². The fraction of sp³-hybridized carbons (Fsp3) is 1.00. The van der Waals surface area contributed by atoms with E-state index in [0.29, 0.717) is 12.0 Å². The van der Waals surface area contributed by atoms with Crippen LogP contribution in [0.15, 0.2) is 0 Å². The first kappa shape index (κ1) is 15.3. The second-order valence-corrected chi connectivity index (χ2v) is 6.94. The van der Waals surface area contributed by atoms with Crippen LogP contribution in [0.4, 0.5) is 0 Å². The summed E-state index contributed by atoms with van der Waals surface area (Å²) in [6, 6.07) is 0.537. The maximum atomic E-state index is 6.41. The molecule has 0 aromatic rings. The molecule has 112 valence electrons. The van der Waals surface area contributed by atoms with E-state index >= 15 is 0 Å². The highest BCUT2D eigenvalue weighted by atomic mass is 16.5. The molecule has 0 bridgehead atoms. The van der Waals surface area contributed by atoms with Crippen LogP contribution < -0.4 is 5.32 Å². The SMILES string of the molecule is CC1CCC(CNC(C)C)(OCC2CCOC2)CC1. The first-order valence-corrected chi connectivity index (χ1v) is 8.05. The van der Waals surface area contributed by atoms with Crippen molar-refractivity contribution in [2.75, 3.05) is 26.4 Å². The van der Waals surface area contributed by atoms with Gasteiger partial charge in [-0.25, -0.2) is 0 Å². The molecular formula is C16H31NO2. The van der Waals surface area contributed by atoms with Gasteiger partial charge in [-0.15, -0.1) is 0 Å². The van der Waals surface area contributed by atoms with Crippen LogP contribution in [0.1, 0.15) is 52.9 Å². The van der Waals surface area contributed by atoms with E-state index < -0.39 is 0 Å². The molecule has 3 heteroatoms. The van der Waals surface area contributed by atoms with Gasteiger partial charge in [0.1, 0.15) is 0 Å². The van der Waals surface area contributed by atoms with E-state index in [0.717, 1.165) is 32.3 Å². The van der Waals surface area contributed by atoms with Crippen LogP contribution in [0.25, 0.3) is 0 Å². The van der Waals surface area contributed by atoms with Crippen molar-refractivity contribution in [1.82, 2.24) is 5.32 Å². The van der Waals surface area contributed by atoms with Crippen LogP contribution in [0.3, 0.4) is 0 Å². The number of rotatable bonds is 6. The largest absolute Gasteiger partial charge is 0.381 e. The summed E-state index contributed by atoms with van der Waals surface area (Å²) in [7, 11) is 0. The van der Waals surface area contributed by atoms with Gasteiger partial charge < -0.3 is 14.8 Å². The van der Waals surface area contributed by atoms with Crippen LogP contribution in [0.2, 0.25) is 0 Å². The Bertz CT molecular complexity index is 253. The second kappa shape index (κ2) is 7.05. The molecule has 1 atom stereocenters. The molecule has 1 aliphatic carbocycles. The average molecular weight is 269 g/mol. The Morgan fingerprint density at radius 1 is 1.26 bits per heavy atom. The molecule has 0 spiro atoms. The Kier molecular flexibility index (Phi) is 5.67. The van der Waals surface area contributed by atoms with Gasteiger partial charge in [0.2, 0.25) is 0 Å². The number of ether oxygens (including phenoxy) is 2. The normalized spacial score (nSPS) is 36.0. The van der Waals surface area contributed by atoms with Gasteiger partial charge >= 0.3 is 0 Å². The van der Waals surface area contributed by atoms with E-state index in [1.807, 2.05) is 0 Å². The minimum atomic E-state index is 0.0827. The summed E-state index contributed by atoms with van der Waals surface area (Å²) in [5.74, 6) is 1.49. The summed E-state index contributed by atoms with van der Waals surface area (Å²) in [5, 5.41) is 3.59. The van der Waals surface area contributed by atoms with Crippen molar-refractivity contribution in [3.8, 4) is 0 Å². The van der Waals surface area contributed by atoms with Gasteiger partial charge in [-0.2, -0.15) is 0 Å². The van der Waals surface area contributed by atoms with Gasteiger partial charge in [0.05, 0.1) is 18.8 Å². The zero-order chi connectivity index (χ0) is 13.7. The maximum Gasteiger partial charge on any atom is 0.0806 e. The third-order valence-electron chi connectivity index (χ3n) is 4.67. The van der Waals surface area contributed by atoms with Gasteiger partial charge in [0, 0.05) is 25.1 Å². The van der Waals surface area contributed by atoms with Gasteiger partial charge in [-0.1, -0.05) is 20.8 Å². The third kappa shape index (κ3) is 4.73. The highest BCUT2D eigenvalue weighted by molar-refractivity contribution is 4.89. The summed E-state index contributed by atoms with van der Waals surface area (Å²) in [4.78, 5) is 0. The van der Waals surface area contributed by atoms with Crippen molar-refractivity contribution >= 4 is 0 Å². The van der Waals surface area contributed by atoms with Gasteiger partial charge in [-0.3, -0.25) is 0 Å². The summed E-state index contributed by atoms with van der Waals surface area (Å²) in [6.07, 6.45) is 6.20. The maximum absolute atomic E-state index is 6.41. The number of hydrogen-bond donors (Lipinski definition) is 1. The van der Waals surface area contributed by atoms with Crippen LogP contribution in [-0.2, 0) is 9.47 Å². The van der Waals surface area contributed by atoms with Gasteiger partial charge in [0.25, 0.3) is 0 Å². The van der Waals surface area contributed by atoms with Gasteiger partial charge in [-0.05, 0) is 38.0 Å². The lowest BCUT2D eigenvalue weighted by Gasteiger charge is -2.40. The quantitative estimate of drug-likeness (QED) is 0.804. The Balaban J connectivity index is 1.85.